The summed E-state index contributed by atoms with van der Waals surface area (Å²) in [5.41, 5.74) is 0. The molecule has 0 aromatic rings. The van der Waals surface area contributed by atoms with Crippen LogP contribution in [-0.2, 0) is 9.59 Å². The third kappa shape index (κ3) is 2.60. The van der Waals surface area contributed by atoms with Gasteiger partial charge < -0.3 is 10.4 Å². The molecule has 0 spiro atoms. The van der Waals surface area contributed by atoms with Crippen LogP contribution in [0.1, 0.15) is 26.2 Å². The van der Waals surface area contributed by atoms with E-state index in [2.05, 4.69) is 5.32 Å². The first-order valence-corrected chi connectivity index (χ1v) is 6.31. The molecule has 3 atom stereocenters. The van der Waals surface area contributed by atoms with Crippen molar-refractivity contribution in [1.82, 2.24) is 10.2 Å². The van der Waals surface area contributed by atoms with E-state index in [0.29, 0.717) is 24.9 Å². The first-order valence-electron chi connectivity index (χ1n) is 6.31. The molecule has 96 valence electrons. The minimum absolute atomic E-state index is 0.0590. The first kappa shape index (κ1) is 12.4. The number of fused-ring (bicyclic) bond motifs is 1. The highest BCUT2D eigenvalue weighted by Gasteiger charge is 2.47. The summed E-state index contributed by atoms with van der Waals surface area (Å²) < 4.78 is 0. The van der Waals surface area contributed by atoms with E-state index < -0.39 is 5.97 Å². The molecule has 1 amide bonds. The van der Waals surface area contributed by atoms with Crippen molar-refractivity contribution < 1.29 is 14.7 Å². The molecule has 2 N–H and O–H groups in total. The van der Waals surface area contributed by atoms with Crippen LogP contribution in [0.15, 0.2) is 0 Å². The number of hydrogen-bond acceptors (Lipinski definition) is 3. The Balaban J connectivity index is 1.92. The Bertz CT molecular complexity index is 319. The number of amides is 1. The molecule has 2 fully saturated rings. The van der Waals surface area contributed by atoms with Crippen molar-refractivity contribution in [3.05, 3.63) is 0 Å². The van der Waals surface area contributed by atoms with Gasteiger partial charge in [0.15, 0.2) is 0 Å². The van der Waals surface area contributed by atoms with Gasteiger partial charge in [0, 0.05) is 26.6 Å². The minimum Gasteiger partial charge on any atom is -0.480 e. The lowest BCUT2D eigenvalue weighted by Crippen LogP contribution is -2.43. The Morgan fingerprint density at radius 1 is 1.41 bits per heavy atom. The third-order valence-electron chi connectivity index (χ3n) is 4.01. The second-order valence-corrected chi connectivity index (χ2v) is 5.12. The number of aliphatic carboxylic acids is 1. The number of rotatable bonds is 4. The lowest BCUT2D eigenvalue weighted by Gasteiger charge is -2.23. The van der Waals surface area contributed by atoms with Crippen LogP contribution in [0.25, 0.3) is 0 Å². The van der Waals surface area contributed by atoms with Crippen LogP contribution in [0.2, 0.25) is 0 Å². The topological polar surface area (TPSA) is 69.6 Å². The van der Waals surface area contributed by atoms with Crippen LogP contribution in [0, 0.1) is 11.8 Å². The van der Waals surface area contributed by atoms with Crippen LogP contribution < -0.4 is 5.32 Å². The van der Waals surface area contributed by atoms with Gasteiger partial charge in [0.25, 0.3) is 0 Å². The standard InChI is InChI=1S/C12H20N2O3/c1-8(15)13-5-6-14-7-9-3-2-4-10(9)11(14)12(16)17/h9-11H,2-7H2,1H3,(H,13,15)(H,16,17). The van der Waals surface area contributed by atoms with E-state index in [4.69, 9.17) is 0 Å². The van der Waals surface area contributed by atoms with Gasteiger partial charge in [0.2, 0.25) is 5.91 Å². The van der Waals surface area contributed by atoms with Crippen molar-refractivity contribution >= 4 is 11.9 Å². The monoisotopic (exact) mass is 240 g/mol. The zero-order valence-electron chi connectivity index (χ0n) is 10.2. The Labute approximate surface area is 101 Å². The maximum absolute atomic E-state index is 11.3. The van der Waals surface area contributed by atoms with Crippen LogP contribution in [0.5, 0.6) is 0 Å². The maximum Gasteiger partial charge on any atom is 0.321 e. The molecule has 0 bridgehead atoms. The van der Waals surface area contributed by atoms with Crippen LogP contribution >= 0.6 is 0 Å². The molecule has 0 radical (unpaired) electrons. The molecule has 2 rings (SSSR count). The summed E-state index contributed by atoms with van der Waals surface area (Å²) >= 11 is 0. The van der Waals surface area contributed by atoms with E-state index in [1.54, 1.807) is 0 Å². The highest BCUT2D eigenvalue weighted by atomic mass is 16.4. The summed E-state index contributed by atoms with van der Waals surface area (Å²) in [6, 6.07) is -0.337. The number of nitrogens with zero attached hydrogens (tertiary/aromatic N) is 1. The van der Waals surface area contributed by atoms with Crippen LogP contribution in [-0.4, -0.2) is 47.6 Å². The zero-order valence-corrected chi connectivity index (χ0v) is 10.2. The number of hydrogen-bond donors (Lipinski definition) is 2. The van der Waals surface area contributed by atoms with Crippen LogP contribution in [0.3, 0.4) is 0 Å². The molecule has 17 heavy (non-hydrogen) atoms. The number of carbonyl (C=O) groups excluding carboxylic acids is 1. The van der Waals surface area contributed by atoms with Gasteiger partial charge in [0.05, 0.1) is 0 Å². The van der Waals surface area contributed by atoms with Crippen LogP contribution in [0.4, 0.5) is 0 Å². The van der Waals surface area contributed by atoms with Gasteiger partial charge in [-0.3, -0.25) is 14.5 Å². The lowest BCUT2D eigenvalue weighted by atomic mass is 9.94. The molecule has 3 unspecified atom stereocenters. The second-order valence-electron chi connectivity index (χ2n) is 5.12. The molecule has 5 heteroatoms. The fourth-order valence-electron chi connectivity index (χ4n) is 3.34. The third-order valence-corrected chi connectivity index (χ3v) is 4.01. The van der Waals surface area contributed by atoms with E-state index in [0.717, 1.165) is 19.4 Å². The quantitative estimate of drug-likeness (QED) is 0.742. The number of carboxylic acids is 1. The summed E-state index contributed by atoms with van der Waals surface area (Å²) in [6.07, 6.45) is 3.36. The molecule has 1 aliphatic carbocycles. The van der Waals surface area contributed by atoms with Crippen molar-refractivity contribution in [2.45, 2.75) is 32.2 Å². The Hall–Kier alpha value is -1.10. The van der Waals surface area contributed by atoms with Gasteiger partial charge in [-0.2, -0.15) is 0 Å². The summed E-state index contributed by atoms with van der Waals surface area (Å²) in [5, 5.41) is 12.0. The normalized spacial score (nSPS) is 32.4. The fourth-order valence-corrected chi connectivity index (χ4v) is 3.34. The molecular formula is C12H20N2O3. The van der Waals surface area contributed by atoms with Gasteiger partial charge in [-0.05, 0) is 24.7 Å². The number of carbonyl (C=O) groups is 2. The largest absolute Gasteiger partial charge is 0.480 e. The predicted molar refractivity (Wildman–Crippen MR) is 62.5 cm³/mol. The Kier molecular flexibility index (Phi) is 3.66. The molecule has 0 aromatic heterocycles. The predicted octanol–water partition coefficient (Wildman–Crippen LogP) is 0.308. The average Bonchev–Trinajstić information content (AvgIpc) is 2.75. The van der Waals surface area contributed by atoms with E-state index in [1.807, 2.05) is 4.90 Å². The SMILES string of the molecule is CC(=O)NCCN1CC2CCCC2C1C(=O)O. The molecule has 2 aliphatic rings. The highest BCUT2D eigenvalue weighted by molar-refractivity contribution is 5.74. The highest BCUT2D eigenvalue weighted by Crippen LogP contribution is 2.41. The fraction of sp³-hybridized carbons (Fsp3) is 0.833. The summed E-state index contributed by atoms with van der Waals surface area (Å²) in [4.78, 5) is 24.1. The zero-order chi connectivity index (χ0) is 12.4. The molecule has 5 nitrogen and oxygen atoms in total. The molecule has 0 aromatic carbocycles. The van der Waals surface area contributed by atoms with Gasteiger partial charge in [-0.1, -0.05) is 6.42 Å². The van der Waals surface area contributed by atoms with Gasteiger partial charge in [-0.25, -0.2) is 0 Å². The van der Waals surface area contributed by atoms with Crippen molar-refractivity contribution in [2.24, 2.45) is 11.8 Å². The Morgan fingerprint density at radius 2 is 2.18 bits per heavy atom. The maximum atomic E-state index is 11.3. The second kappa shape index (κ2) is 5.04. The Morgan fingerprint density at radius 3 is 2.82 bits per heavy atom. The van der Waals surface area contributed by atoms with Crippen molar-refractivity contribution in [3.8, 4) is 0 Å². The lowest BCUT2D eigenvalue weighted by molar-refractivity contribution is -0.143. The smallest absolute Gasteiger partial charge is 0.321 e. The number of nitrogens with one attached hydrogen (secondary N) is 1. The van der Waals surface area contributed by atoms with Crippen molar-refractivity contribution in [2.75, 3.05) is 19.6 Å². The van der Waals surface area contributed by atoms with E-state index in [1.165, 1.54) is 13.3 Å². The number of likely N-dealkylation sites (tertiary alicyclic amines) is 1. The molecule has 1 heterocycles. The molecular weight excluding hydrogens is 220 g/mol. The number of carboxylic acid groups (broad SMARTS) is 1. The minimum atomic E-state index is -0.706. The molecule has 1 saturated heterocycles. The summed E-state index contributed by atoms with van der Waals surface area (Å²) in [7, 11) is 0. The van der Waals surface area contributed by atoms with Gasteiger partial charge >= 0.3 is 5.97 Å². The first-order chi connectivity index (χ1) is 8.09. The van der Waals surface area contributed by atoms with Crippen molar-refractivity contribution in [3.63, 3.8) is 0 Å². The molecule has 1 aliphatic heterocycles. The van der Waals surface area contributed by atoms with Crippen molar-refractivity contribution in [1.29, 1.82) is 0 Å². The summed E-state index contributed by atoms with van der Waals surface area (Å²) in [5.74, 6) is 0.108. The van der Waals surface area contributed by atoms with Gasteiger partial charge in [-0.15, -0.1) is 0 Å². The molecule has 1 saturated carbocycles. The van der Waals surface area contributed by atoms with E-state index in [9.17, 15) is 14.7 Å². The van der Waals surface area contributed by atoms with Gasteiger partial charge in [0.1, 0.15) is 6.04 Å². The van der Waals surface area contributed by atoms with E-state index in [-0.39, 0.29) is 11.9 Å². The summed E-state index contributed by atoms with van der Waals surface area (Å²) in [6.45, 7) is 3.54. The van der Waals surface area contributed by atoms with E-state index >= 15 is 0 Å². The average molecular weight is 240 g/mol.